The number of aliphatic hydroxyl groups excluding tert-OH is 4. The average molecular weight is 494 g/mol. The minimum Gasteiger partial charge on any atom is -0.454 e. The number of carbonyl (C=O) groups is 1. The van der Waals surface area contributed by atoms with Crippen LogP contribution < -0.4 is 0 Å². The Hall–Kier alpha value is -2.04. The molecule has 2 rings (SSSR count). The van der Waals surface area contributed by atoms with Crippen LogP contribution in [0.2, 0.25) is 0 Å². The third kappa shape index (κ3) is 7.53. The Kier molecular flexibility index (Phi) is 9.60. The molecule has 0 aliphatic carbocycles. The monoisotopic (exact) mass is 493 g/mol. The van der Waals surface area contributed by atoms with E-state index in [0.717, 1.165) is 0 Å². The second-order valence-electron chi connectivity index (χ2n) is 6.55. The van der Waals surface area contributed by atoms with Gasteiger partial charge in [-0.05, 0) is 12.1 Å². The number of carbonyl (C=O) groups excluding carboxylic acids is 1. The molecule has 178 valence electrons. The molecule has 32 heavy (non-hydrogen) atoms. The predicted molar refractivity (Wildman–Crippen MR) is 112 cm³/mol. The van der Waals surface area contributed by atoms with Crippen LogP contribution in [0.5, 0.6) is 0 Å². The lowest BCUT2D eigenvalue weighted by Gasteiger charge is -2.39. The summed E-state index contributed by atoms with van der Waals surface area (Å²) in [4.78, 5) is 12.3. The number of nitrogens with zero attached hydrogens (tertiary/aromatic N) is 1. The molecule has 1 fully saturated rings. The van der Waals surface area contributed by atoms with Gasteiger partial charge in [0.05, 0.1) is 12.2 Å². The largest absolute Gasteiger partial charge is 0.466 e. The van der Waals surface area contributed by atoms with E-state index in [-0.39, 0.29) is 17.0 Å². The van der Waals surface area contributed by atoms with E-state index in [9.17, 15) is 33.6 Å². The van der Waals surface area contributed by atoms with Crippen LogP contribution in [0, 0.1) is 0 Å². The van der Waals surface area contributed by atoms with E-state index in [1.165, 1.54) is 18.2 Å². The summed E-state index contributed by atoms with van der Waals surface area (Å²) in [5.41, 5.74) is -1.09. The lowest BCUT2D eigenvalue weighted by molar-refractivity contribution is -0.205. The highest BCUT2D eigenvalue weighted by molar-refractivity contribution is 8.14. The number of ether oxygens (including phenoxy) is 2. The quantitative estimate of drug-likeness (QED) is 0.0737. The molecule has 1 aliphatic rings. The van der Waals surface area contributed by atoms with Crippen molar-refractivity contribution in [2.24, 2.45) is 5.16 Å². The zero-order valence-corrected chi connectivity index (χ0v) is 18.1. The van der Waals surface area contributed by atoms with Gasteiger partial charge in [-0.25, -0.2) is 9.08 Å². The van der Waals surface area contributed by atoms with Gasteiger partial charge in [0.25, 0.3) is 0 Å². The van der Waals surface area contributed by atoms with E-state index in [0.29, 0.717) is 11.8 Å². The Balaban J connectivity index is 2.18. The second-order valence-corrected chi connectivity index (χ2v) is 8.73. The van der Waals surface area contributed by atoms with E-state index in [1.54, 1.807) is 18.2 Å². The lowest BCUT2D eigenvalue weighted by Crippen LogP contribution is -2.57. The molecule has 6 unspecified atom stereocenters. The first-order valence-corrected chi connectivity index (χ1v) is 11.4. The first-order valence-electron chi connectivity index (χ1n) is 9.14. The molecular weight excluding hydrogens is 470 g/mol. The van der Waals surface area contributed by atoms with E-state index in [4.69, 9.17) is 14.0 Å². The number of benzene rings is 1. The van der Waals surface area contributed by atoms with Gasteiger partial charge in [0.1, 0.15) is 41.0 Å². The summed E-state index contributed by atoms with van der Waals surface area (Å²) in [7, 11) is -4.98. The van der Waals surface area contributed by atoms with Crippen LogP contribution >= 0.6 is 11.8 Å². The topological polar surface area (TPSA) is 192 Å². The highest BCUT2D eigenvalue weighted by atomic mass is 32.3. The van der Waals surface area contributed by atoms with Gasteiger partial charge in [-0.15, -0.1) is 0 Å². The normalized spacial score (nSPS) is 27.4. The standard InChI is InChI=1S/C18H23NO11S2/c1-2-11(28-17(24)10-6-4-3-5-7-10)8-13(19-30-32(25,26)27)31-18-16(23)15(22)14(21)12(9-20)29-18/h2-7,11-12,14-16,18,20-23H,1,8-9H2,(H,25,26,27). The number of esters is 1. The molecular formula is C18H23NO11S2. The van der Waals surface area contributed by atoms with Gasteiger partial charge in [-0.2, -0.15) is 8.42 Å². The molecule has 0 spiro atoms. The van der Waals surface area contributed by atoms with Gasteiger partial charge in [0.2, 0.25) is 0 Å². The van der Waals surface area contributed by atoms with Crippen molar-refractivity contribution < 1.29 is 51.9 Å². The maximum absolute atomic E-state index is 12.3. The van der Waals surface area contributed by atoms with Gasteiger partial charge in [0.15, 0.2) is 0 Å². The zero-order valence-electron chi connectivity index (χ0n) is 16.5. The number of oxime groups is 1. The predicted octanol–water partition coefficient (Wildman–Crippen LogP) is -0.546. The fourth-order valence-corrected chi connectivity index (χ4v) is 3.96. The summed E-state index contributed by atoms with van der Waals surface area (Å²) in [6.07, 6.45) is -6.29. The van der Waals surface area contributed by atoms with Crippen molar-refractivity contribution in [1.29, 1.82) is 0 Å². The van der Waals surface area contributed by atoms with Crippen molar-refractivity contribution in [2.75, 3.05) is 6.61 Å². The highest BCUT2D eigenvalue weighted by Crippen LogP contribution is 2.31. The minimum atomic E-state index is -4.98. The number of rotatable bonds is 9. The van der Waals surface area contributed by atoms with Gasteiger partial charge in [0, 0.05) is 6.42 Å². The van der Waals surface area contributed by atoms with Gasteiger partial charge in [-0.1, -0.05) is 47.8 Å². The second kappa shape index (κ2) is 11.7. The maximum Gasteiger partial charge on any atom is 0.466 e. The van der Waals surface area contributed by atoms with Crippen LogP contribution in [0.1, 0.15) is 16.8 Å². The van der Waals surface area contributed by atoms with Crippen molar-refractivity contribution in [3.05, 3.63) is 48.6 Å². The molecule has 0 aromatic heterocycles. The zero-order chi connectivity index (χ0) is 23.9. The van der Waals surface area contributed by atoms with Crippen LogP contribution in [-0.2, 0) is 24.2 Å². The summed E-state index contributed by atoms with van der Waals surface area (Å²) < 4.78 is 45.3. The first kappa shape index (κ1) is 26.2. The molecule has 0 saturated carbocycles. The fraction of sp³-hybridized carbons (Fsp3) is 0.444. The van der Waals surface area contributed by atoms with Crippen molar-refractivity contribution in [3.63, 3.8) is 0 Å². The minimum absolute atomic E-state index is 0.238. The molecule has 1 heterocycles. The molecule has 1 aromatic rings. The molecule has 0 bridgehead atoms. The number of thioether (sulfide) groups is 1. The Morgan fingerprint density at radius 3 is 2.44 bits per heavy atom. The summed E-state index contributed by atoms with van der Waals surface area (Å²) >= 11 is 0.562. The van der Waals surface area contributed by atoms with Gasteiger partial charge < -0.3 is 29.9 Å². The molecule has 14 heteroatoms. The average Bonchev–Trinajstić information content (AvgIpc) is 2.77. The lowest BCUT2D eigenvalue weighted by atomic mass is 10.0. The third-order valence-corrected chi connectivity index (χ3v) is 5.64. The fourth-order valence-electron chi connectivity index (χ4n) is 2.62. The summed E-state index contributed by atoms with van der Waals surface area (Å²) in [6.45, 7) is 2.86. The molecule has 0 radical (unpaired) electrons. The van der Waals surface area contributed by atoms with Crippen molar-refractivity contribution in [1.82, 2.24) is 0 Å². The Morgan fingerprint density at radius 2 is 1.88 bits per heavy atom. The van der Waals surface area contributed by atoms with Crippen molar-refractivity contribution in [2.45, 2.75) is 42.4 Å². The first-order chi connectivity index (χ1) is 15.1. The Bertz CT molecular complexity index is 907. The van der Waals surface area contributed by atoms with Crippen molar-refractivity contribution >= 4 is 33.2 Å². The summed E-state index contributed by atoms with van der Waals surface area (Å²) in [5, 5.41) is 42.3. The van der Waals surface area contributed by atoms with E-state index in [1.807, 2.05) is 0 Å². The van der Waals surface area contributed by atoms with Crippen molar-refractivity contribution in [3.8, 4) is 0 Å². The Morgan fingerprint density at radius 1 is 1.22 bits per heavy atom. The van der Waals surface area contributed by atoms with Crippen LogP contribution in [-0.4, -0.2) is 87.0 Å². The molecule has 0 amide bonds. The van der Waals surface area contributed by atoms with E-state index < -0.39 is 58.9 Å². The third-order valence-electron chi connectivity index (χ3n) is 4.24. The molecule has 1 saturated heterocycles. The van der Waals surface area contributed by atoms with E-state index >= 15 is 0 Å². The summed E-state index contributed by atoms with van der Waals surface area (Å²) in [6, 6.07) is 7.99. The molecule has 1 aliphatic heterocycles. The number of aliphatic hydroxyl groups is 4. The molecule has 12 nitrogen and oxygen atoms in total. The van der Waals surface area contributed by atoms with Gasteiger partial charge in [-0.3, -0.25) is 4.55 Å². The van der Waals surface area contributed by atoms with E-state index in [2.05, 4.69) is 16.0 Å². The van der Waals surface area contributed by atoms with Crippen LogP contribution in [0.25, 0.3) is 0 Å². The van der Waals surface area contributed by atoms with Crippen LogP contribution in [0.4, 0.5) is 0 Å². The van der Waals surface area contributed by atoms with Crippen LogP contribution in [0.3, 0.4) is 0 Å². The number of hydrogen-bond donors (Lipinski definition) is 5. The number of hydrogen-bond acceptors (Lipinski definition) is 12. The molecule has 1 aromatic carbocycles. The molecule has 6 atom stereocenters. The van der Waals surface area contributed by atoms with Crippen LogP contribution in [0.15, 0.2) is 48.1 Å². The Labute approximate surface area is 188 Å². The maximum atomic E-state index is 12.3. The van der Waals surface area contributed by atoms with Gasteiger partial charge >= 0.3 is 16.4 Å². The SMILES string of the molecule is C=CC(CC(=NOS(=O)(=O)O)SC1OC(CO)C(O)C(O)C1O)OC(=O)c1ccccc1. The highest BCUT2D eigenvalue weighted by Gasteiger charge is 2.44. The molecule has 5 N–H and O–H groups in total. The summed E-state index contributed by atoms with van der Waals surface area (Å²) in [5.74, 6) is -0.705. The smallest absolute Gasteiger partial charge is 0.454 e.